The summed E-state index contributed by atoms with van der Waals surface area (Å²) in [7, 11) is -2.52. The fraction of sp³-hybridized carbons (Fsp3) is 0.462. The maximum Gasteiger partial charge on any atom is 0.249 e. The Kier molecular flexibility index (Phi) is 4.81. The van der Waals surface area contributed by atoms with Gasteiger partial charge in [-0.2, -0.15) is 0 Å². The van der Waals surface area contributed by atoms with Crippen LogP contribution in [0, 0.1) is 0 Å². The zero-order chi connectivity index (χ0) is 15.5. The summed E-state index contributed by atoms with van der Waals surface area (Å²) in [6.07, 6.45) is 1.16. The van der Waals surface area contributed by atoms with E-state index in [1.165, 1.54) is 19.2 Å². The summed E-state index contributed by atoms with van der Waals surface area (Å²) in [5, 5.41) is 7.86. The van der Waals surface area contributed by atoms with Crippen molar-refractivity contribution >= 4 is 15.9 Å². The second-order valence-electron chi connectivity index (χ2n) is 4.75. The zero-order valence-corrected chi connectivity index (χ0v) is 12.5. The summed E-state index contributed by atoms with van der Waals surface area (Å²) in [5.74, 6) is -0.0211. The molecule has 116 valence electrons. The van der Waals surface area contributed by atoms with Gasteiger partial charge in [-0.05, 0) is 30.5 Å². The standard InChI is InChI=1S/C13H18N2O5S/c1-19-10-5-4-9(7-12(10)21(14,17)18)8-15-13(16)11-3-2-6-20-11/h4-5,7,11H,2-3,6,8H2,1H3,(H,15,16)(H2,14,17,18). The maximum absolute atomic E-state index is 11.8. The minimum absolute atomic E-state index is 0.103. The summed E-state index contributed by atoms with van der Waals surface area (Å²) in [6, 6.07) is 4.57. The van der Waals surface area contributed by atoms with Gasteiger partial charge in [-0.15, -0.1) is 0 Å². The monoisotopic (exact) mass is 314 g/mol. The lowest BCUT2D eigenvalue weighted by Gasteiger charge is -2.12. The van der Waals surface area contributed by atoms with E-state index in [1.54, 1.807) is 6.07 Å². The molecule has 0 spiro atoms. The summed E-state index contributed by atoms with van der Waals surface area (Å²) in [5.41, 5.74) is 0.617. The molecule has 0 bridgehead atoms. The van der Waals surface area contributed by atoms with E-state index in [9.17, 15) is 13.2 Å². The molecule has 0 radical (unpaired) electrons. The van der Waals surface area contributed by atoms with Gasteiger partial charge in [0.05, 0.1) is 7.11 Å². The number of amides is 1. The molecule has 1 aromatic rings. The molecule has 1 aromatic carbocycles. The minimum Gasteiger partial charge on any atom is -0.495 e. The minimum atomic E-state index is -3.88. The zero-order valence-electron chi connectivity index (χ0n) is 11.7. The molecule has 3 N–H and O–H groups in total. The van der Waals surface area contributed by atoms with Crippen molar-refractivity contribution in [2.45, 2.75) is 30.4 Å². The Morgan fingerprint density at radius 1 is 1.52 bits per heavy atom. The Labute approximate surface area is 123 Å². The van der Waals surface area contributed by atoms with Crippen molar-refractivity contribution in [1.82, 2.24) is 5.32 Å². The molecular weight excluding hydrogens is 296 g/mol. The highest BCUT2D eigenvalue weighted by atomic mass is 32.2. The summed E-state index contributed by atoms with van der Waals surface area (Å²) >= 11 is 0. The highest BCUT2D eigenvalue weighted by molar-refractivity contribution is 7.89. The van der Waals surface area contributed by atoms with E-state index in [0.29, 0.717) is 18.6 Å². The number of carbonyl (C=O) groups is 1. The number of nitrogens with one attached hydrogen (secondary N) is 1. The van der Waals surface area contributed by atoms with E-state index in [2.05, 4.69) is 5.32 Å². The molecule has 1 saturated heterocycles. The number of rotatable bonds is 5. The van der Waals surface area contributed by atoms with E-state index in [-0.39, 0.29) is 23.1 Å². The fourth-order valence-electron chi connectivity index (χ4n) is 2.14. The van der Waals surface area contributed by atoms with Crippen LogP contribution in [0.5, 0.6) is 5.75 Å². The van der Waals surface area contributed by atoms with Crippen molar-refractivity contribution in [3.05, 3.63) is 23.8 Å². The highest BCUT2D eigenvalue weighted by Gasteiger charge is 2.23. The van der Waals surface area contributed by atoms with Crippen LogP contribution in [-0.4, -0.2) is 34.1 Å². The summed E-state index contributed by atoms with van der Waals surface area (Å²) in [4.78, 5) is 11.7. The lowest BCUT2D eigenvalue weighted by molar-refractivity contribution is -0.130. The Hall–Kier alpha value is -1.64. The molecule has 21 heavy (non-hydrogen) atoms. The van der Waals surface area contributed by atoms with Gasteiger partial charge in [-0.1, -0.05) is 6.07 Å². The molecule has 1 aliphatic rings. The van der Waals surface area contributed by atoms with Crippen LogP contribution < -0.4 is 15.2 Å². The molecule has 0 saturated carbocycles. The normalized spacial score (nSPS) is 18.5. The number of hydrogen-bond donors (Lipinski definition) is 2. The molecular formula is C13H18N2O5S. The average molecular weight is 314 g/mol. The van der Waals surface area contributed by atoms with Gasteiger partial charge in [-0.25, -0.2) is 13.6 Å². The molecule has 1 fully saturated rings. The van der Waals surface area contributed by atoms with Crippen molar-refractivity contribution in [2.75, 3.05) is 13.7 Å². The Balaban J connectivity index is 2.08. The smallest absolute Gasteiger partial charge is 0.249 e. The largest absolute Gasteiger partial charge is 0.495 e. The third-order valence-corrected chi connectivity index (χ3v) is 4.16. The van der Waals surface area contributed by atoms with Gasteiger partial charge in [0, 0.05) is 13.2 Å². The summed E-state index contributed by atoms with van der Waals surface area (Å²) < 4.78 is 33.2. The topological polar surface area (TPSA) is 108 Å². The van der Waals surface area contributed by atoms with Crippen LogP contribution in [0.3, 0.4) is 0 Å². The van der Waals surface area contributed by atoms with Gasteiger partial charge < -0.3 is 14.8 Å². The first-order valence-electron chi connectivity index (χ1n) is 6.51. The van der Waals surface area contributed by atoms with Crippen molar-refractivity contribution in [3.63, 3.8) is 0 Å². The second-order valence-corrected chi connectivity index (χ2v) is 6.28. The number of hydrogen-bond acceptors (Lipinski definition) is 5. The second kappa shape index (κ2) is 6.42. The number of ether oxygens (including phenoxy) is 2. The van der Waals surface area contributed by atoms with Crippen LogP contribution in [0.25, 0.3) is 0 Å². The molecule has 1 amide bonds. The first-order chi connectivity index (χ1) is 9.91. The third kappa shape index (κ3) is 3.93. The molecule has 8 heteroatoms. The molecule has 1 unspecified atom stereocenters. The molecule has 1 aliphatic heterocycles. The predicted octanol–water partition coefficient (Wildman–Crippen LogP) is 0.138. The summed E-state index contributed by atoms with van der Waals surface area (Å²) in [6.45, 7) is 0.793. The van der Waals surface area contributed by atoms with Gasteiger partial charge in [0.1, 0.15) is 16.7 Å². The maximum atomic E-state index is 11.8. The van der Waals surface area contributed by atoms with E-state index in [0.717, 1.165) is 6.42 Å². The van der Waals surface area contributed by atoms with E-state index >= 15 is 0 Å². The fourth-order valence-corrected chi connectivity index (χ4v) is 2.89. The molecule has 1 atom stereocenters. The lowest BCUT2D eigenvalue weighted by atomic mass is 10.2. The molecule has 0 aliphatic carbocycles. The number of benzene rings is 1. The van der Waals surface area contributed by atoms with Gasteiger partial charge in [0.25, 0.3) is 0 Å². The van der Waals surface area contributed by atoms with Crippen LogP contribution >= 0.6 is 0 Å². The quantitative estimate of drug-likeness (QED) is 0.803. The van der Waals surface area contributed by atoms with Crippen molar-refractivity contribution in [1.29, 1.82) is 0 Å². The van der Waals surface area contributed by atoms with E-state index in [1.807, 2.05) is 0 Å². The SMILES string of the molecule is COc1ccc(CNC(=O)C2CCCO2)cc1S(N)(=O)=O. The molecule has 2 rings (SSSR count). The number of methoxy groups -OCH3 is 1. The Morgan fingerprint density at radius 2 is 2.29 bits per heavy atom. The van der Waals surface area contributed by atoms with Gasteiger partial charge in [-0.3, -0.25) is 4.79 Å². The van der Waals surface area contributed by atoms with Crippen LogP contribution in [0.1, 0.15) is 18.4 Å². The number of nitrogens with two attached hydrogens (primary N) is 1. The number of primary sulfonamides is 1. The third-order valence-electron chi connectivity index (χ3n) is 3.22. The number of sulfonamides is 1. The Morgan fingerprint density at radius 3 is 2.86 bits per heavy atom. The van der Waals surface area contributed by atoms with Gasteiger partial charge in [0.15, 0.2) is 0 Å². The average Bonchev–Trinajstić information content (AvgIpc) is 2.97. The Bertz CT molecular complexity index is 623. The van der Waals surface area contributed by atoms with Crippen LogP contribution in [-0.2, 0) is 26.1 Å². The van der Waals surface area contributed by atoms with Gasteiger partial charge in [0.2, 0.25) is 15.9 Å². The highest BCUT2D eigenvalue weighted by Crippen LogP contribution is 2.23. The first-order valence-corrected chi connectivity index (χ1v) is 8.05. The van der Waals surface area contributed by atoms with Crippen LogP contribution in [0.15, 0.2) is 23.1 Å². The van der Waals surface area contributed by atoms with Crippen LogP contribution in [0.2, 0.25) is 0 Å². The lowest BCUT2D eigenvalue weighted by Crippen LogP contribution is -2.33. The predicted molar refractivity (Wildman–Crippen MR) is 75.2 cm³/mol. The van der Waals surface area contributed by atoms with Crippen molar-refractivity contribution in [2.24, 2.45) is 5.14 Å². The van der Waals surface area contributed by atoms with E-state index in [4.69, 9.17) is 14.6 Å². The molecule has 7 nitrogen and oxygen atoms in total. The van der Waals surface area contributed by atoms with Gasteiger partial charge >= 0.3 is 0 Å². The van der Waals surface area contributed by atoms with Crippen molar-refractivity contribution in [3.8, 4) is 5.75 Å². The van der Waals surface area contributed by atoms with E-state index < -0.39 is 16.1 Å². The first kappa shape index (κ1) is 15.7. The molecule has 0 aromatic heterocycles. The molecule has 1 heterocycles. The van der Waals surface area contributed by atoms with Crippen LogP contribution in [0.4, 0.5) is 0 Å². The number of carbonyl (C=O) groups excluding carboxylic acids is 1. The van der Waals surface area contributed by atoms with Crippen molar-refractivity contribution < 1.29 is 22.7 Å².